The lowest BCUT2D eigenvalue weighted by atomic mass is 10.0. The van der Waals surface area contributed by atoms with E-state index in [9.17, 15) is 0 Å². The number of furan rings is 1. The number of rotatable bonds is 4. The smallest absolute Gasteiger partial charge is 0.129 e. The van der Waals surface area contributed by atoms with Crippen LogP contribution >= 0.6 is 0 Å². The number of fused-ring (bicyclic) bond motifs is 1. The molecule has 2 aliphatic rings. The molecule has 0 bridgehead atoms. The second-order valence-electron chi connectivity index (χ2n) is 5.10. The van der Waals surface area contributed by atoms with Gasteiger partial charge in [0, 0.05) is 7.11 Å². The van der Waals surface area contributed by atoms with Gasteiger partial charge in [0.1, 0.15) is 18.1 Å². The SMILES string of the molecule is COCc1ccc(C(N)C2C3CCCC32)o1. The topological polar surface area (TPSA) is 48.4 Å². The molecule has 3 atom stereocenters. The van der Waals surface area contributed by atoms with Crippen molar-refractivity contribution in [3.8, 4) is 0 Å². The molecule has 0 amide bonds. The molecule has 2 N–H and O–H groups in total. The van der Waals surface area contributed by atoms with Crippen molar-refractivity contribution in [1.29, 1.82) is 0 Å². The third-order valence-electron chi connectivity index (χ3n) is 4.18. The molecule has 0 saturated heterocycles. The largest absolute Gasteiger partial charge is 0.462 e. The molecule has 3 unspecified atom stereocenters. The molecule has 88 valence electrons. The number of hydrogen-bond acceptors (Lipinski definition) is 3. The van der Waals surface area contributed by atoms with Gasteiger partial charge in [-0.1, -0.05) is 6.42 Å². The Morgan fingerprint density at radius 3 is 2.88 bits per heavy atom. The van der Waals surface area contributed by atoms with E-state index in [1.54, 1.807) is 7.11 Å². The second kappa shape index (κ2) is 3.90. The zero-order valence-corrected chi connectivity index (χ0v) is 9.69. The van der Waals surface area contributed by atoms with Crippen LogP contribution in [0.15, 0.2) is 16.5 Å². The van der Waals surface area contributed by atoms with Crippen molar-refractivity contribution >= 4 is 0 Å². The van der Waals surface area contributed by atoms with Crippen LogP contribution in [0.5, 0.6) is 0 Å². The van der Waals surface area contributed by atoms with Gasteiger partial charge in [-0.25, -0.2) is 0 Å². The van der Waals surface area contributed by atoms with E-state index in [4.69, 9.17) is 14.9 Å². The summed E-state index contributed by atoms with van der Waals surface area (Å²) < 4.78 is 10.7. The van der Waals surface area contributed by atoms with E-state index in [-0.39, 0.29) is 6.04 Å². The van der Waals surface area contributed by atoms with Crippen molar-refractivity contribution in [2.24, 2.45) is 23.5 Å². The fraction of sp³-hybridized carbons (Fsp3) is 0.692. The summed E-state index contributed by atoms with van der Waals surface area (Å²) in [5.41, 5.74) is 6.27. The fourth-order valence-corrected chi connectivity index (χ4v) is 3.39. The Bertz CT molecular complexity index is 364. The minimum atomic E-state index is 0.0981. The van der Waals surface area contributed by atoms with Crippen LogP contribution in [0.2, 0.25) is 0 Å². The number of methoxy groups -OCH3 is 1. The maximum Gasteiger partial charge on any atom is 0.129 e. The molecule has 0 radical (unpaired) electrons. The monoisotopic (exact) mass is 221 g/mol. The van der Waals surface area contributed by atoms with Crippen LogP contribution in [0.3, 0.4) is 0 Å². The summed E-state index contributed by atoms with van der Waals surface area (Å²) in [5.74, 6) is 4.25. The van der Waals surface area contributed by atoms with E-state index < -0.39 is 0 Å². The van der Waals surface area contributed by atoms with Crippen molar-refractivity contribution < 1.29 is 9.15 Å². The summed E-state index contributed by atoms with van der Waals surface area (Å²) in [5, 5.41) is 0. The van der Waals surface area contributed by atoms with Gasteiger partial charge in [0.2, 0.25) is 0 Å². The molecule has 16 heavy (non-hydrogen) atoms. The predicted molar refractivity (Wildman–Crippen MR) is 60.7 cm³/mol. The average Bonchev–Trinajstić information content (AvgIpc) is 2.73. The van der Waals surface area contributed by atoms with Crippen molar-refractivity contribution in [3.05, 3.63) is 23.7 Å². The predicted octanol–water partition coefficient (Wildman–Crippen LogP) is 2.47. The Hall–Kier alpha value is -0.800. The van der Waals surface area contributed by atoms with Gasteiger partial charge >= 0.3 is 0 Å². The van der Waals surface area contributed by atoms with Crippen LogP contribution in [-0.4, -0.2) is 7.11 Å². The summed E-state index contributed by atoms with van der Waals surface area (Å²) >= 11 is 0. The zero-order chi connectivity index (χ0) is 11.1. The minimum absolute atomic E-state index is 0.0981. The summed E-state index contributed by atoms with van der Waals surface area (Å²) in [6.45, 7) is 0.532. The van der Waals surface area contributed by atoms with E-state index in [0.717, 1.165) is 23.4 Å². The molecule has 1 heterocycles. The molecular formula is C13H19NO2. The van der Waals surface area contributed by atoms with Gasteiger partial charge in [-0.3, -0.25) is 0 Å². The van der Waals surface area contributed by atoms with Crippen LogP contribution in [0, 0.1) is 17.8 Å². The van der Waals surface area contributed by atoms with Gasteiger partial charge in [-0.2, -0.15) is 0 Å². The molecule has 2 aliphatic carbocycles. The third-order valence-corrected chi connectivity index (χ3v) is 4.18. The number of nitrogens with two attached hydrogens (primary N) is 1. The van der Waals surface area contributed by atoms with Crippen molar-refractivity contribution in [3.63, 3.8) is 0 Å². The normalized spacial score (nSPS) is 33.8. The Morgan fingerprint density at radius 2 is 2.19 bits per heavy atom. The summed E-state index contributed by atoms with van der Waals surface area (Å²) in [7, 11) is 1.67. The Morgan fingerprint density at radius 1 is 1.44 bits per heavy atom. The molecule has 2 fully saturated rings. The molecule has 2 saturated carbocycles. The molecule has 1 aromatic rings. The molecule has 0 aliphatic heterocycles. The van der Waals surface area contributed by atoms with E-state index in [0.29, 0.717) is 12.5 Å². The first-order chi connectivity index (χ1) is 7.81. The van der Waals surface area contributed by atoms with Gasteiger partial charge in [0.15, 0.2) is 0 Å². The molecular weight excluding hydrogens is 202 g/mol. The lowest BCUT2D eigenvalue weighted by Gasteiger charge is -2.10. The lowest BCUT2D eigenvalue weighted by molar-refractivity contribution is 0.161. The molecule has 3 rings (SSSR count). The minimum Gasteiger partial charge on any atom is -0.462 e. The van der Waals surface area contributed by atoms with Crippen LogP contribution < -0.4 is 5.73 Å². The van der Waals surface area contributed by atoms with Crippen LogP contribution in [0.4, 0.5) is 0 Å². The molecule has 0 spiro atoms. The van der Waals surface area contributed by atoms with Crippen molar-refractivity contribution in [2.75, 3.05) is 7.11 Å². The van der Waals surface area contributed by atoms with Gasteiger partial charge in [-0.15, -0.1) is 0 Å². The molecule has 0 aromatic carbocycles. The van der Waals surface area contributed by atoms with Crippen molar-refractivity contribution in [2.45, 2.75) is 31.9 Å². The summed E-state index contributed by atoms with van der Waals surface area (Å²) in [4.78, 5) is 0. The highest BCUT2D eigenvalue weighted by molar-refractivity contribution is 5.16. The van der Waals surface area contributed by atoms with Gasteiger partial charge in [0.25, 0.3) is 0 Å². The highest BCUT2D eigenvalue weighted by Crippen LogP contribution is 2.61. The van der Waals surface area contributed by atoms with Gasteiger partial charge in [-0.05, 0) is 42.7 Å². The Labute approximate surface area is 96.0 Å². The number of ether oxygens (including phenoxy) is 1. The molecule has 3 nitrogen and oxygen atoms in total. The standard InChI is InChI=1S/C13H19NO2/c1-15-7-8-5-6-11(16-8)13(14)12-9-3-2-4-10(9)12/h5-6,9-10,12-13H,2-4,7,14H2,1H3. The van der Waals surface area contributed by atoms with Crippen LogP contribution in [0.25, 0.3) is 0 Å². The van der Waals surface area contributed by atoms with E-state index in [2.05, 4.69) is 0 Å². The Balaban J connectivity index is 1.67. The average molecular weight is 221 g/mol. The zero-order valence-electron chi connectivity index (χ0n) is 9.69. The first kappa shape index (κ1) is 10.4. The highest BCUT2D eigenvalue weighted by atomic mass is 16.5. The molecule has 1 aromatic heterocycles. The van der Waals surface area contributed by atoms with Crippen molar-refractivity contribution in [1.82, 2.24) is 0 Å². The summed E-state index contributed by atoms with van der Waals surface area (Å²) in [6.07, 6.45) is 4.13. The van der Waals surface area contributed by atoms with Gasteiger partial charge in [0.05, 0.1) is 6.04 Å². The van der Waals surface area contributed by atoms with Crippen LogP contribution in [0.1, 0.15) is 36.8 Å². The van der Waals surface area contributed by atoms with Crippen LogP contribution in [-0.2, 0) is 11.3 Å². The quantitative estimate of drug-likeness (QED) is 0.849. The van der Waals surface area contributed by atoms with E-state index in [1.165, 1.54) is 19.3 Å². The first-order valence-electron chi connectivity index (χ1n) is 6.14. The number of hydrogen-bond donors (Lipinski definition) is 1. The summed E-state index contributed by atoms with van der Waals surface area (Å²) in [6, 6.07) is 4.07. The maximum absolute atomic E-state index is 6.27. The van der Waals surface area contributed by atoms with Gasteiger partial charge < -0.3 is 14.9 Å². The Kier molecular flexibility index (Phi) is 2.52. The fourth-order valence-electron chi connectivity index (χ4n) is 3.39. The lowest BCUT2D eigenvalue weighted by Crippen LogP contribution is -2.14. The maximum atomic E-state index is 6.27. The highest BCUT2D eigenvalue weighted by Gasteiger charge is 2.55. The first-order valence-corrected chi connectivity index (χ1v) is 6.14. The third kappa shape index (κ3) is 1.59. The molecule has 3 heteroatoms. The second-order valence-corrected chi connectivity index (χ2v) is 5.10. The van der Waals surface area contributed by atoms with E-state index in [1.807, 2.05) is 12.1 Å². The van der Waals surface area contributed by atoms with E-state index >= 15 is 0 Å².